The predicted molar refractivity (Wildman–Crippen MR) is 112 cm³/mol. The molecular weight excluding hydrogens is 330 g/mol. The molecule has 0 aliphatic carbocycles. The molecule has 2 nitrogen and oxygen atoms in total. The van der Waals surface area contributed by atoms with Crippen molar-refractivity contribution in [3.05, 3.63) is 108 Å². The summed E-state index contributed by atoms with van der Waals surface area (Å²) in [7, 11) is 0. The van der Waals surface area contributed by atoms with Gasteiger partial charge in [-0.25, -0.2) is 0 Å². The Balaban J connectivity index is 1.91. The summed E-state index contributed by atoms with van der Waals surface area (Å²) in [5.41, 5.74) is 3.18. The average Bonchev–Trinajstić information content (AvgIpc) is 2.70. The van der Waals surface area contributed by atoms with Crippen LogP contribution in [-0.4, -0.2) is 5.91 Å². The largest absolute Gasteiger partial charge is 0.348 e. The second-order valence-electron chi connectivity index (χ2n) is 7.36. The number of benzene rings is 3. The number of carbonyl (C=O) groups excluding carboxylic acids is 1. The standard InChI is InChI=1S/C25H27NO/c1-19(2)18-23(20-12-6-3-7-13-20)26-25(27)24(21-14-8-4-9-15-21)22-16-10-5-11-17-22/h3-17,19,23-24H,18H2,1-2H3,(H,26,27)/t23-/m0/s1. The third-order valence-corrected chi connectivity index (χ3v) is 4.75. The van der Waals surface area contributed by atoms with Gasteiger partial charge in [0.05, 0.1) is 12.0 Å². The van der Waals surface area contributed by atoms with E-state index in [4.69, 9.17) is 0 Å². The highest BCUT2D eigenvalue weighted by Crippen LogP contribution is 2.28. The van der Waals surface area contributed by atoms with Crippen LogP contribution in [0.15, 0.2) is 91.0 Å². The highest BCUT2D eigenvalue weighted by Gasteiger charge is 2.25. The Kier molecular flexibility index (Phi) is 6.43. The molecule has 3 rings (SSSR count). The number of hydrogen-bond acceptors (Lipinski definition) is 1. The van der Waals surface area contributed by atoms with Gasteiger partial charge in [-0.15, -0.1) is 0 Å². The molecular formula is C25H27NO. The lowest BCUT2D eigenvalue weighted by Gasteiger charge is -2.25. The first kappa shape index (κ1) is 18.9. The summed E-state index contributed by atoms with van der Waals surface area (Å²) in [4.78, 5) is 13.4. The van der Waals surface area contributed by atoms with Crippen molar-refractivity contribution in [3.8, 4) is 0 Å². The quantitative estimate of drug-likeness (QED) is 0.575. The summed E-state index contributed by atoms with van der Waals surface area (Å²) in [5, 5.41) is 3.32. The third kappa shape index (κ3) is 5.07. The van der Waals surface area contributed by atoms with Crippen LogP contribution < -0.4 is 5.32 Å². The molecule has 0 aliphatic rings. The Hall–Kier alpha value is -2.87. The van der Waals surface area contributed by atoms with Crippen molar-refractivity contribution in [1.29, 1.82) is 0 Å². The summed E-state index contributed by atoms with van der Waals surface area (Å²) < 4.78 is 0. The maximum absolute atomic E-state index is 13.4. The molecule has 0 saturated heterocycles. The van der Waals surface area contributed by atoms with Gasteiger partial charge in [-0.05, 0) is 29.0 Å². The van der Waals surface area contributed by atoms with Crippen LogP contribution in [0.25, 0.3) is 0 Å². The van der Waals surface area contributed by atoms with Crippen molar-refractivity contribution in [2.75, 3.05) is 0 Å². The van der Waals surface area contributed by atoms with Gasteiger partial charge in [0.25, 0.3) is 0 Å². The van der Waals surface area contributed by atoms with Crippen LogP contribution in [0.4, 0.5) is 0 Å². The van der Waals surface area contributed by atoms with E-state index in [1.165, 1.54) is 0 Å². The lowest BCUT2D eigenvalue weighted by molar-refractivity contribution is -0.122. The van der Waals surface area contributed by atoms with Crippen molar-refractivity contribution in [3.63, 3.8) is 0 Å². The maximum atomic E-state index is 13.4. The highest BCUT2D eigenvalue weighted by atomic mass is 16.1. The van der Waals surface area contributed by atoms with Gasteiger partial charge in [-0.3, -0.25) is 4.79 Å². The maximum Gasteiger partial charge on any atom is 0.232 e. The number of carbonyl (C=O) groups is 1. The molecule has 1 amide bonds. The lowest BCUT2D eigenvalue weighted by atomic mass is 9.89. The zero-order valence-corrected chi connectivity index (χ0v) is 16.0. The first-order valence-corrected chi connectivity index (χ1v) is 9.60. The van der Waals surface area contributed by atoms with E-state index in [-0.39, 0.29) is 17.9 Å². The van der Waals surface area contributed by atoms with Crippen molar-refractivity contribution >= 4 is 5.91 Å². The zero-order chi connectivity index (χ0) is 19.1. The second kappa shape index (κ2) is 9.18. The Bertz CT molecular complexity index is 788. The highest BCUT2D eigenvalue weighted by molar-refractivity contribution is 5.87. The first-order chi connectivity index (χ1) is 13.1. The fraction of sp³-hybridized carbons (Fsp3) is 0.240. The van der Waals surface area contributed by atoms with E-state index >= 15 is 0 Å². The van der Waals surface area contributed by atoms with E-state index in [9.17, 15) is 4.79 Å². The van der Waals surface area contributed by atoms with Crippen molar-refractivity contribution < 1.29 is 4.79 Å². The van der Waals surface area contributed by atoms with Gasteiger partial charge in [-0.2, -0.15) is 0 Å². The molecule has 1 N–H and O–H groups in total. The number of hydrogen-bond donors (Lipinski definition) is 1. The molecule has 0 heterocycles. The third-order valence-electron chi connectivity index (χ3n) is 4.75. The van der Waals surface area contributed by atoms with Gasteiger partial charge >= 0.3 is 0 Å². The molecule has 27 heavy (non-hydrogen) atoms. The predicted octanol–water partition coefficient (Wildman–Crippen LogP) is 5.72. The van der Waals surface area contributed by atoms with Crippen LogP contribution in [-0.2, 0) is 4.79 Å². The van der Waals surface area contributed by atoms with Crippen molar-refractivity contribution in [2.24, 2.45) is 5.92 Å². The van der Waals surface area contributed by atoms with E-state index < -0.39 is 0 Å². The SMILES string of the molecule is CC(C)C[C@H](NC(=O)C(c1ccccc1)c1ccccc1)c1ccccc1. The van der Waals surface area contributed by atoms with Crippen molar-refractivity contribution in [1.82, 2.24) is 5.32 Å². The summed E-state index contributed by atoms with van der Waals surface area (Å²) >= 11 is 0. The normalized spacial score (nSPS) is 12.1. The molecule has 2 heteroatoms. The molecule has 0 spiro atoms. The fourth-order valence-corrected chi connectivity index (χ4v) is 3.48. The van der Waals surface area contributed by atoms with Crippen LogP contribution in [0.5, 0.6) is 0 Å². The minimum absolute atomic E-state index is 0.00799. The minimum Gasteiger partial charge on any atom is -0.348 e. The summed E-state index contributed by atoms with van der Waals surface area (Å²) in [6, 6.07) is 30.3. The molecule has 0 aromatic heterocycles. The molecule has 138 valence electrons. The summed E-state index contributed by atoms with van der Waals surface area (Å²) in [6.45, 7) is 4.38. The van der Waals surface area contributed by atoms with E-state index in [1.807, 2.05) is 78.9 Å². The molecule has 0 radical (unpaired) electrons. The van der Waals surface area contributed by atoms with Gasteiger partial charge in [0.1, 0.15) is 0 Å². The molecule has 0 aliphatic heterocycles. The zero-order valence-electron chi connectivity index (χ0n) is 16.0. The Morgan fingerprint density at radius 2 is 1.11 bits per heavy atom. The molecule has 0 bridgehead atoms. The summed E-state index contributed by atoms with van der Waals surface area (Å²) in [5.74, 6) is 0.218. The molecule has 3 aromatic rings. The average molecular weight is 357 g/mol. The van der Waals surface area contributed by atoms with Crippen LogP contribution >= 0.6 is 0 Å². The minimum atomic E-state index is -0.314. The second-order valence-corrected chi connectivity index (χ2v) is 7.36. The smallest absolute Gasteiger partial charge is 0.232 e. The van der Waals surface area contributed by atoms with Gasteiger partial charge in [0, 0.05) is 0 Å². The Labute approximate surface area is 162 Å². The van der Waals surface area contributed by atoms with Gasteiger partial charge in [0.15, 0.2) is 0 Å². The van der Waals surface area contributed by atoms with Gasteiger partial charge < -0.3 is 5.32 Å². The van der Waals surface area contributed by atoms with Crippen LogP contribution in [0.3, 0.4) is 0 Å². The molecule has 3 aromatic carbocycles. The van der Waals surface area contributed by atoms with Crippen LogP contribution in [0, 0.1) is 5.92 Å². The molecule has 0 fully saturated rings. The van der Waals surface area contributed by atoms with E-state index in [2.05, 4.69) is 31.3 Å². The number of nitrogens with one attached hydrogen (secondary N) is 1. The van der Waals surface area contributed by atoms with E-state index in [1.54, 1.807) is 0 Å². The van der Waals surface area contributed by atoms with E-state index in [0.29, 0.717) is 5.92 Å². The van der Waals surface area contributed by atoms with Crippen LogP contribution in [0.2, 0.25) is 0 Å². The number of amides is 1. The van der Waals surface area contributed by atoms with Crippen molar-refractivity contribution in [2.45, 2.75) is 32.2 Å². The Morgan fingerprint density at radius 1 is 0.704 bits per heavy atom. The number of rotatable bonds is 7. The molecule has 1 atom stereocenters. The van der Waals surface area contributed by atoms with Crippen LogP contribution in [0.1, 0.15) is 48.9 Å². The monoisotopic (exact) mass is 357 g/mol. The molecule has 0 saturated carbocycles. The first-order valence-electron chi connectivity index (χ1n) is 9.60. The van der Waals surface area contributed by atoms with Gasteiger partial charge in [-0.1, -0.05) is 105 Å². The van der Waals surface area contributed by atoms with Gasteiger partial charge in [0.2, 0.25) is 5.91 Å². The summed E-state index contributed by atoms with van der Waals surface area (Å²) in [6.07, 6.45) is 0.909. The topological polar surface area (TPSA) is 29.1 Å². The Morgan fingerprint density at radius 3 is 1.52 bits per heavy atom. The molecule has 0 unspecified atom stereocenters. The fourth-order valence-electron chi connectivity index (χ4n) is 3.48. The van der Waals surface area contributed by atoms with E-state index in [0.717, 1.165) is 23.1 Å². The lowest BCUT2D eigenvalue weighted by Crippen LogP contribution is -2.34.